The van der Waals surface area contributed by atoms with Crippen LogP contribution in [0.4, 0.5) is 16.2 Å². The Labute approximate surface area is 168 Å². The van der Waals surface area contributed by atoms with Gasteiger partial charge in [-0.05, 0) is 36.4 Å². The predicted molar refractivity (Wildman–Crippen MR) is 113 cm³/mol. The van der Waals surface area contributed by atoms with Gasteiger partial charge in [0, 0.05) is 16.8 Å². The van der Waals surface area contributed by atoms with E-state index in [1.807, 2.05) is 54.6 Å². The third-order valence-corrected chi connectivity index (χ3v) is 4.32. The molecule has 0 aliphatic heterocycles. The van der Waals surface area contributed by atoms with Gasteiger partial charge in [-0.15, -0.1) is 0 Å². The van der Waals surface area contributed by atoms with Crippen LogP contribution in [0.1, 0.15) is 0 Å². The van der Waals surface area contributed by atoms with Crippen LogP contribution in [-0.2, 0) is 0 Å². The summed E-state index contributed by atoms with van der Waals surface area (Å²) in [5.74, 6) is 1.12. The lowest BCUT2D eigenvalue weighted by Gasteiger charge is -2.11. The normalized spacial score (nSPS) is 10.4. The number of benzene rings is 3. The Hall–Kier alpha value is -4.06. The molecule has 0 bridgehead atoms. The van der Waals surface area contributed by atoms with E-state index in [4.69, 9.17) is 9.15 Å². The molecule has 6 nitrogen and oxygen atoms in total. The number of carbonyl (C=O) groups excluding carboxylic acids is 1. The smallest absolute Gasteiger partial charge is 0.323 e. The van der Waals surface area contributed by atoms with Crippen molar-refractivity contribution in [3.63, 3.8) is 0 Å². The minimum absolute atomic E-state index is 0.357. The van der Waals surface area contributed by atoms with Crippen LogP contribution in [0.2, 0.25) is 0 Å². The predicted octanol–water partition coefficient (Wildman–Crippen LogP) is 5.66. The Morgan fingerprint density at radius 2 is 1.59 bits per heavy atom. The second kappa shape index (κ2) is 8.31. The van der Waals surface area contributed by atoms with E-state index in [0.29, 0.717) is 23.0 Å². The molecule has 29 heavy (non-hydrogen) atoms. The molecule has 0 unspecified atom stereocenters. The molecular weight excluding hydrogens is 366 g/mol. The number of rotatable bonds is 5. The number of anilines is 2. The van der Waals surface area contributed by atoms with E-state index in [9.17, 15) is 4.79 Å². The molecule has 2 N–H and O–H groups in total. The number of nitrogens with zero attached hydrogens (tertiary/aromatic N) is 1. The van der Waals surface area contributed by atoms with E-state index in [2.05, 4.69) is 15.6 Å². The molecular formula is C23H19N3O3. The summed E-state index contributed by atoms with van der Waals surface area (Å²) in [7, 11) is 1.56. The van der Waals surface area contributed by atoms with Crippen molar-refractivity contribution in [2.75, 3.05) is 17.7 Å². The Morgan fingerprint density at radius 1 is 0.862 bits per heavy atom. The molecule has 3 aromatic carbocycles. The molecule has 0 aliphatic carbocycles. The summed E-state index contributed by atoms with van der Waals surface area (Å²) in [4.78, 5) is 16.8. The van der Waals surface area contributed by atoms with Gasteiger partial charge < -0.3 is 19.8 Å². The van der Waals surface area contributed by atoms with E-state index >= 15 is 0 Å². The molecule has 0 radical (unpaired) electrons. The number of urea groups is 1. The molecule has 1 heterocycles. The highest BCUT2D eigenvalue weighted by atomic mass is 16.5. The number of hydrogen-bond acceptors (Lipinski definition) is 4. The van der Waals surface area contributed by atoms with Crippen molar-refractivity contribution in [2.24, 2.45) is 0 Å². The fourth-order valence-electron chi connectivity index (χ4n) is 2.88. The van der Waals surface area contributed by atoms with Crippen LogP contribution in [0.15, 0.2) is 89.5 Å². The number of oxazole rings is 1. The van der Waals surface area contributed by atoms with Gasteiger partial charge in [0.25, 0.3) is 0 Å². The molecule has 0 saturated heterocycles. The van der Waals surface area contributed by atoms with Crippen LogP contribution < -0.4 is 15.4 Å². The van der Waals surface area contributed by atoms with Crippen LogP contribution in [0.3, 0.4) is 0 Å². The topological polar surface area (TPSA) is 76.4 Å². The van der Waals surface area contributed by atoms with Crippen molar-refractivity contribution >= 4 is 17.4 Å². The number of methoxy groups -OCH3 is 1. The lowest BCUT2D eigenvalue weighted by molar-refractivity contribution is 0.262. The lowest BCUT2D eigenvalue weighted by atomic mass is 10.2. The van der Waals surface area contributed by atoms with Crippen LogP contribution in [-0.4, -0.2) is 18.1 Å². The highest BCUT2D eigenvalue weighted by molar-refractivity contribution is 6.00. The molecule has 4 rings (SSSR count). The third-order valence-electron chi connectivity index (χ3n) is 4.32. The largest absolute Gasteiger partial charge is 0.495 e. The van der Waals surface area contributed by atoms with Crippen molar-refractivity contribution in [1.29, 1.82) is 0 Å². The summed E-state index contributed by atoms with van der Waals surface area (Å²) >= 11 is 0. The van der Waals surface area contributed by atoms with Gasteiger partial charge in [-0.3, -0.25) is 0 Å². The van der Waals surface area contributed by atoms with Crippen LogP contribution in [0, 0.1) is 0 Å². The van der Waals surface area contributed by atoms with Gasteiger partial charge >= 0.3 is 6.03 Å². The Kier molecular flexibility index (Phi) is 5.25. The second-order valence-electron chi connectivity index (χ2n) is 6.26. The SMILES string of the molecule is COc1ccccc1NC(=O)Nc1ccc(-c2nc(-c3ccccc3)co2)cc1. The van der Waals surface area contributed by atoms with E-state index < -0.39 is 0 Å². The van der Waals surface area contributed by atoms with Gasteiger partial charge in [-0.25, -0.2) is 9.78 Å². The van der Waals surface area contributed by atoms with E-state index in [1.54, 1.807) is 37.6 Å². The molecule has 0 fully saturated rings. The molecule has 0 aliphatic rings. The van der Waals surface area contributed by atoms with Crippen LogP contribution in [0.5, 0.6) is 5.75 Å². The second-order valence-corrected chi connectivity index (χ2v) is 6.26. The summed E-state index contributed by atoms with van der Waals surface area (Å²) in [6.45, 7) is 0. The quantitative estimate of drug-likeness (QED) is 0.465. The zero-order valence-corrected chi connectivity index (χ0v) is 15.8. The molecule has 1 aromatic heterocycles. The number of hydrogen-bond donors (Lipinski definition) is 2. The first-order valence-electron chi connectivity index (χ1n) is 9.05. The molecule has 0 spiro atoms. The van der Waals surface area contributed by atoms with Crippen molar-refractivity contribution < 1.29 is 13.9 Å². The van der Waals surface area contributed by atoms with Gasteiger partial charge in [-0.1, -0.05) is 42.5 Å². The molecule has 0 atom stereocenters. The van der Waals surface area contributed by atoms with Crippen molar-refractivity contribution in [3.05, 3.63) is 85.1 Å². The monoisotopic (exact) mass is 385 g/mol. The van der Waals surface area contributed by atoms with Gasteiger partial charge in [0.05, 0.1) is 12.8 Å². The summed E-state index contributed by atoms with van der Waals surface area (Å²) in [6.07, 6.45) is 1.64. The van der Waals surface area contributed by atoms with Gasteiger partial charge in [0.2, 0.25) is 5.89 Å². The summed E-state index contributed by atoms with van der Waals surface area (Å²) < 4.78 is 10.8. The fourth-order valence-corrected chi connectivity index (χ4v) is 2.88. The standard InChI is InChI=1S/C23H19N3O3/c1-28-21-10-6-5-9-19(21)26-23(27)24-18-13-11-17(12-14-18)22-25-20(15-29-22)16-7-3-2-4-8-16/h2-15H,1H3,(H2,24,26,27). The maximum Gasteiger partial charge on any atom is 0.323 e. The number of aromatic nitrogens is 1. The van der Waals surface area contributed by atoms with Crippen LogP contribution >= 0.6 is 0 Å². The molecule has 4 aromatic rings. The van der Waals surface area contributed by atoms with E-state index in [-0.39, 0.29) is 6.03 Å². The maximum absolute atomic E-state index is 12.3. The van der Waals surface area contributed by atoms with E-state index in [0.717, 1.165) is 16.8 Å². The highest BCUT2D eigenvalue weighted by Crippen LogP contribution is 2.26. The number of amides is 2. The molecule has 144 valence electrons. The van der Waals surface area contributed by atoms with Gasteiger partial charge in [0.1, 0.15) is 17.7 Å². The zero-order valence-electron chi connectivity index (χ0n) is 15.8. The summed E-state index contributed by atoms with van der Waals surface area (Å²) in [5.41, 5.74) is 3.84. The van der Waals surface area contributed by atoms with E-state index in [1.165, 1.54) is 0 Å². The van der Waals surface area contributed by atoms with Crippen molar-refractivity contribution in [1.82, 2.24) is 4.98 Å². The minimum atomic E-state index is -0.357. The first-order chi connectivity index (χ1) is 14.2. The zero-order chi connectivity index (χ0) is 20.1. The molecule has 2 amide bonds. The first-order valence-corrected chi connectivity index (χ1v) is 9.05. The first kappa shape index (κ1) is 18.3. The number of nitrogens with one attached hydrogen (secondary N) is 2. The van der Waals surface area contributed by atoms with Crippen molar-refractivity contribution in [3.8, 4) is 28.5 Å². The summed E-state index contributed by atoms with van der Waals surface area (Å²) in [6, 6.07) is 24.0. The Morgan fingerprint density at radius 3 is 2.34 bits per heavy atom. The fraction of sp³-hybridized carbons (Fsp3) is 0.0435. The minimum Gasteiger partial charge on any atom is -0.495 e. The van der Waals surface area contributed by atoms with Gasteiger partial charge in [0.15, 0.2) is 0 Å². The average Bonchev–Trinajstić information content (AvgIpc) is 3.25. The van der Waals surface area contributed by atoms with Crippen molar-refractivity contribution in [2.45, 2.75) is 0 Å². The molecule has 0 saturated carbocycles. The van der Waals surface area contributed by atoms with Gasteiger partial charge in [-0.2, -0.15) is 0 Å². The lowest BCUT2D eigenvalue weighted by Crippen LogP contribution is -2.19. The Balaban J connectivity index is 1.43. The summed E-state index contributed by atoms with van der Waals surface area (Å²) in [5, 5.41) is 5.57. The average molecular weight is 385 g/mol. The highest BCUT2D eigenvalue weighted by Gasteiger charge is 2.10. The Bertz CT molecular complexity index is 1110. The van der Waals surface area contributed by atoms with Crippen LogP contribution in [0.25, 0.3) is 22.7 Å². The third kappa shape index (κ3) is 4.27. The number of para-hydroxylation sites is 2. The number of carbonyl (C=O) groups is 1. The number of ether oxygens (including phenoxy) is 1. The molecule has 6 heteroatoms. The maximum atomic E-state index is 12.3.